The second kappa shape index (κ2) is 3.69. The zero-order chi connectivity index (χ0) is 10.8. The molecule has 2 rings (SSSR count). The molecule has 3 heteroatoms. The minimum Gasteiger partial charge on any atom is -0.481 e. The first-order valence-electron chi connectivity index (χ1n) is 4.72. The minimum atomic E-state index is -0.816. The largest absolute Gasteiger partial charge is 0.481 e. The van der Waals surface area contributed by atoms with E-state index in [0.717, 1.165) is 21.9 Å². The Morgan fingerprint density at radius 3 is 2.87 bits per heavy atom. The van der Waals surface area contributed by atoms with Crippen LogP contribution in [-0.2, 0) is 11.2 Å². The van der Waals surface area contributed by atoms with Crippen LogP contribution in [0.4, 0.5) is 0 Å². The second-order valence-electron chi connectivity index (χ2n) is 3.53. The predicted octanol–water partition coefficient (Wildman–Crippen LogP) is 2.17. The van der Waals surface area contributed by atoms with E-state index in [1.165, 1.54) is 0 Å². The summed E-state index contributed by atoms with van der Waals surface area (Å²) in [6.07, 6.45) is 3.49. The zero-order valence-corrected chi connectivity index (χ0v) is 8.40. The molecule has 1 aromatic carbocycles. The summed E-state index contributed by atoms with van der Waals surface area (Å²) in [5, 5.41) is 10.8. The molecule has 1 aromatic heterocycles. The quantitative estimate of drug-likeness (QED) is 0.810. The van der Waals surface area contributed by atoms with Gasteiger partial charge < -0.3 is 5.11 Å². The summed E-state index contributed by atoms with van der Waals surface area (Å²) in [7, 11) is 0. The van der Waals surface area contributed by atoms with Crippen molar-refractivity contribution in [1.82, 2.24) is 4.98 Å². The van der Waals surface area contributed by atoms with Gasteiger partial charge in [0.25, 0.3) is 0 Å². The minimum absolute atomic E-state index is 0.0441. The van der Waals surface area contributed by atoms with Crippen LogP contribution >= 0.6 is 0 Å². The molecule has 15 heavy (non-hydrogen) atoms. The fourth-order valence-corrected chi connectivity index (χ4v) is 1.72. The van der Waals surface area contributed by atoms with E-state index >= 15 is 0 Å². The van der Waals surface area contributed by atoms with Crippen LogP contribution in [0.15, 0.2) is 30.6 Å². The Labute approximate surface area is 87.4 Å². The molecule has 0 fully saturated rings. The number of carboxylic acid groups (broad SMARTS) is 1. The molecule has 0 amide bonds. The molecule has 1 N–H and O–H groups in total. The molecular formula is C12H11NO2. The lowest BCUT2D eigenvalue weighted by Crippen LogP contribution is -2.01. The van der Waals surface area contributed by atoms with Gasteiger partial charge in [0.15, 0.2) is 0 Å². The van der Waals surface area contributed by atoms with Crippen molar-refractivity contribution in [2.24, 2.45) is 0 Å². The van der Waals surface area contributed by atoms with Crippen LogP contribution in [0.5, 0.6) is 0 Å². The number of hydrogen-bond acceptors (Lipinski definition) is 2. The van der Waals surface area contributed by atoms with Gasteiger partial charge in [-0.25, -0.2) is 0 Å². The van der Waals surface area contributed by atoms with Gasteiger partial charge in [-0.05, 0) is 29.5 Å². The third-order valence-electron chi connectivity index (χ3n) is 2.47. The van der Waals surface area contributed by atoms with Gasteiger partial charge in [-0.1, -0.05) is 12.1 Å². The number of hydrogen-bond donors (Lipinski definition) is 1. The monoisotopic (exact) mass is 201 g/mol. The standard InChI is InChI=1S/C12H11NO2/c1-8-2-3-9(6-12(14)15)11-7-13-5-4-10(8)11/h2-5,7H,6H2,1H3,(H,14,15). The summed E-state index contributed by atoms with van der Waals surface area (Å²) in [6, 6.07) is 5.71. The highest BCUT2D eigenvalue weighted by atomic mass is 16.4. The van der Waals surface area contributed by atoms with E-state index in [4.69, 9.17) is 5.11 Å². The Hall–Kier alpha value is -1.90. The predicted molar refractivity (Wildman–Crippen MR) is 57.8 cm³/mol. The number of aromatic nitrogens is 1. The summed E-state index contributed by atoms with van der Waals surface area (Å²) in [5.74, 6) is -0.816. The molecule has 0 aliphatic carbocycles. The number of carboxylic acids is 1. The topological polar surface area (TPSA) is 50.2 Å². The van der Waals surface area contributed by atoms with E-state index in [9.17, 15) is 4.79 Å². The summed E-state index contributed by atoms with van der Waals surface area (Å²) >= 11 is 0. The Kier molecular flexibility index (Phi) is 2.37. The summed E-state index contributed by atoms with van der Waals surface area (Å²) in [4.78, 5) is 14.7. The molecule has 3 nitrogen and oxygen atoms in total. The average Bonchev–Trinajstić information content (AvgIpc) is 2.22. The van der Waals surface area contributed by atoms with Crippen LogP contribution in [-0.4, -0.2) is 16.1 Å². The molecule has 0 spiro atoms. The van der Waals surface area contributed by atoms with Crippen LogP contribution in [0.1, 0.15) is 11.1 Å². The third-order valence-corrected chi connectivity index (χ3v) is 2.47. The molecule has 1 heterocycles. The zero-order valence-electron chi connectivity index (χ0n) is 8.40. The van der Waals surface area contributed by atoms with Gasteiger partial charge in [0.2, 0.25) is 0 Å². The van der Waals surface area contributed by atoms with Crippen molar-refractivity contribution in [2.45, 2.75) is 13.3 Å². The third kappa shape index (κ3) is 1.81. The Morgan fingerprint density at radius 2 is 2.13 bits per heavy atom. The van der Waals surface area contributed by atoms with Crippen molar-refractivity contribution in [2.75, 3.05) is 0 Å². The van der Waals surface area contributed by atoms with E-state index in [0.29, 0.717) is 0 Å². The van der Waals surface area contributed by atoms with Crippen molar-refractivity contribution in [1.29, 1.82) is 0 Å². The SMILES string of the molecule is Cc1ccc(CC(=O)O)c2cnccc12. The maximum atomic E-state index is 10.7. The molecule has 0 bridgehead atoms. The molecule has 0 radical (unpaired) electrons. The van der Waals surface area contributed by atoms with Crippen LogP contribution in [0.2, 0.25) is 0 Å². The highest BCUT2D eigenvalue weighted by Crippen LogP contribution is 2.21. The molecule has 0 saturated heterocycles. The van der Waals surface area contributed by atoms with Crippen molar-refractivity contribution < 1.29 is 9.90 Å². The van der Waals surface area contributed by atoms with Crippen molar-refractivity contribution in [3.63, 3.8) is 0 Å². The van der Waals surface area contributed by atoms with Gasteiger partial charge in [0, 0.05) is 17.8 Å². The van der Waals surface area contributed by atoms with E-state index in [1.54, 1.807) is 12.4 Å². The normalized spacial score (nSPS) is 10.5. The highest BCUT2D eigenvalue weighted by molar-refractivity contribution is 5.90. The molecule has 0 saturated carbocycles. The number of benzene rings is 1. The Balaban J connectivity index is 2.66. The average molecular weight is 201 g/mol. The van der Waals surface area contributed by atoms with Gasteiger partial charge in [-0.2, -0.15) is 0 Å². The lowest BCUT2D eigenvalue weighted by molar-refractivity contribution is -0.136. The van der Waals surface area contributed by atoms with Crippen LogP contribution in [0.25, 0.3) is 10.8 Å². The number of rotatable bonds is 2. The van der Waals surface area contributed by atoms with E-state index in [2.05, 4.69) is 4.98 Å². The first-order chi connectivity index (χ1) is 7.18. The summed E-state index contributed by atoms with van der Waals surface area (Å²) in [5.41, 5.74) is 1.96. The van der Waals surface area contributed by atoms with Gasteiger partial charge in [0.05, 0.1) is 6.42 Å². The van der Waals surface area contributed by atoms with Crippen molar-refractivity contribution in [3.05, 3.63) is 41.7 Å². The number of aryl methyl sites for hydroxylation is 1. The number of pyridine rings is 1. The van der Waals surface area contributed by atoms with Crippen molar-refractivity contribution >= 4 is 16.7 Å². The highest BCUT2D eigenvalue weighted by Gasteiger charge is 2.06. The lowest BCUT2D eigenvalue weighted by Gasteiger charge is -2.06. The van der Waals surface area contributed by atoms with Gasteiger partial charge in [-0.3, -0.25) is 9.78 Å². The second-order valence-corrected chi connectivity index (χ2v) is 3.53. The number of fused-ring (bicyclic) bond motifs is 1. The number of nitrogens with zero attached hydrogens (tertiary/aromatic N) is 1. The molecular weight excluding hydrogens is 190 g/mol. The molecule has 76 valence electrons. The smallest absolute Gasteiger partial charge is 0.307 e. The molecule has 0 aliphatic rings. The summed E-state index contributed by atoms with van der Waals surface area (Å²) < 4.78 is 0. The molecule has 0 aliphatic heterocycles. The lowest BCUT2D eigenvalue weighted by atomic mass is 10.0. The van der Waals surface area contributed by atoms with E-state index in [1.807, 2.05) is 25.1 Å². The van der Waals surface area contributed by atoms with E-state index < -0.39 is 5.97 Å². The first-order valence-corrected chi connectivity index (χ1v) is 4.72. The molecule has 0 unspecified atom stereocenters. The maximum absolute atomic E-state index is 10.7. The van der Waals surface area contributed by atoms with Crippen LogP contribution in [0.3, 0.4) is 0 Å². The van der Waals surface area contributed by atoms with Crippen molar-refractivity contribution in [3.8, 4) is 0 Å². The number of carbonyl (C=O) groups is 1. The fourth-order valence-electron chi connectivity index (χ4n) is 1.72. The van der Waals surface area contributed by atoms with Gasteiger partial charge >= 0.3 is 5.97 Å². The van der Waals surface area contributed by atoms with Gasteiger partial charge in [0.1, 0.15) is 0 Å². The first kappa shape index (κ1) is 9.65. The Bertz CT molecular complexity index is 520. The van der Waals surface area contributed by atoms with Crippen LogP contribution < -0.4 is 0 Å². The van der Waals surface area contributed by atoms with Crippen LogP contribution in [0, 0.1) is 6.92 Å². The fraction of sp³-hybridized carbons (Fsp3) is 0.167. The van der Waals surface area contributed by atoms with E-state index in [-0.39, 0.29) is 6.42 Å². The Morgan fingerprint density at radius 1 is 1.33 bits per heavy atom. The summed E-state index contributed by atoms with van der Waals surface area (Å²) in [6.45, 7) is 2.01. The maximum Gasteiger partial charge on any atom is 0.307 e. The number of aliphatic carboxylic acids is 1. The molecule has 2 aromatic rings. The molecule has 0 atom stereocenters. The van der Waals surface area contributed by atoms with Gasteiger partial charge in [-0.15, -0.1) is 0 Å².